The number of hydrogen-bond acceptors (Lipinski definition) is 5. The topological polar surface area (TPSA) is 100 Å². The highest BCUT2D eigenvalue weighted by atomic mass is 19.3. The summed E-state index contributed by atoms with van der Waals surface area (Å²) in [5.74, 6) is -0.155. The number of carbonyl (C=O) groups excluding carboxylic acids is 1. The number of ether oxygens (including phenoxy) is 1. The summed E-state index contributed by atoms with van der Waals surface area (Å²) in [6, 6.07) is 10.7. The first-order valence-corrected chi connectivity index (χ1v) is 7.97. The summed E-state index contributed by atoms with van der Waals surface area (Å²) in [4.78, 5) is 16.5. The number of amides is 1. The SMILES string of the molecule is Cc1ccc(O)c(-c2n[nH]c(CNC(=O)c3ccccc3OC(F)F)n2)c1. The second-order valence-electron chi connectivity index (χ2n) is 5.68. The number of alkyl halides is 2. The van der Waals surface area contributed by atoms with Gasteiger partial charge in [-0.1, -0.05) is 23.8 Å². The molecular formula is C18H16F2N4O3. The Labute approximate surface area is 153 Å². The van der Waals surface area contributed by atoms with Crippen molar-refractivity contribution < 1.29 is 23.4 Å². The Morgan fingerprint density at radius 1 is 1.30 bits per heavy atom. The lowest BCUT2D eigenvalue weighted by molar-refractivity contribution is -0.0501. The second kappa shape index (κ2) is 7.81. The fourth-order valence-corrected chi connectivity index (χ4v) is 2.44. The summed E-state index contributed by atoms with van der Waals surface area (Å²) in [6.07, 6.45) is 0. The van der Waals surface area contributed by atoms with Crippen LogP contribution in [0, 0.1) is 6.92 Å². The first-order chi connectivity index (χ1) is 12.9. The van der Waals surface area contributed by atoms with Crippen LogP contribution in [0.5, 0.6) is 11.5 Å². The third-order valence-electron chi connectivity index (χ3n) is 3.69. The van der Waals surface area contributed by atoms with Gasteiger partial charge in [-0.2, -0.15) is 13.9 Å². The van der Waals surface area contributed by atoms with Crippen molar-refractivity contribution >= 4 is 5.91 Å². The zero-order valence-corrected chi connectivity index (χ0v) is 14.2. The molecule has 2 aromatic carbocycles. The average molecular weight is 374 g/mol. The maximum Gasteiger partial charge on any atom is 0.387 e. The molecule has 0 aliphatic heterocycles. The van der Waals surface area contributed by atoms with E-state index < -0.39 is 12.5 Å². The van der Waals surface area contributed by atoms with Crippen LogP contribution in [-0.2, 0) is 6.54 Å². The number of aryl methyl sites for hydroxylation is 1. The lowest BCUT2D eigenvalue weighted by Crippen LogP contribution is -2.24. The standard InChI is InChI=1S/C18H16F2N4O3/c1-10-6-7-13(25)12(8-10)16-22-15(23-24-16)9-21-17(26)11-4-2-3-5-14(11)27-18(19)20/h2-8,18,25H,9H2,1H3,(H,21,26)(H,22,23,24). The molecule has 0 bridgehead atoms. The lowest BCUT2D eigenvalue weighted by Gasteiger charge is -2.10. The molecule has 0 radical (unpaired) electrons. The van der Waals surface area contributed by atoms with Gasteiger partial charge in [-0.15, -0.1) is 0 Å². The summed E-state index contributed by atoms with van der Waals surface area (Å²) in [5, 5.41) is 19.2. The van der Waals surface area contributed by atoms with Gasteiger partial charge in [0.25, 0.3) is 5.91 Å². The zero-order valence-electron chi connectivity index (χ0n) is 14.2. The quantitative estimate of drug-likeness (QED) is 0.616. The number of phenols is 1. The Kier molecular flexibility index (Phi) is 5.30. The molecule has 7 nitrogen and oxygen atoms in total. The predicted octanol–water partition coefficient (Wildman–Crippen LogP) is 3.02. The van der Waals surface area contributed by atoms with Crippen molar-refractivity contribution in [1.82, 2.24) is 20.5 Å². The number of benzene rings is 2. The van der Waals surface area contributed by atoms with E-state index in [2.05, 4.69) is 25.2 Å². The van der Waals surface area contributed by atoms with Gasteiger partial charge in [0, 0.05) is 0 Å². The van der Waals surface area contributed by atoms with Crippen LogP contribution in [0.25, 0.3) is 11.4 Å². The van der Waals surface area contributed by atoms with Crippen molar-refractivity contribution in [2.75, 3.05) is 0 Å². The van der Waals surface area contributed by atoms with Crippen molar-refractivity contribution in [1.29, 1.82) is 0 Å². The number of aromatic nitrogens is 3. The Morgan fingerprint density at radius 3 is 2.85 bits per heavy atom. The van der Waals surface area contributed by atoms with Gasteiger partial charge in [-0.25, -0.2) is 4.98 Å². The molecule has 3 N–H and O–H groups in total. The Morgan fingerprint density at radius 2 is 2.07 bits per heavy atom. The van der Waals surface area contributed by atoms with E-state index in [1.165, 1.54) is 18.2 Å². The number of aromatic amines is 1. The first-order valence-electron chi connectivity index (χ1n) is 7.97. The molecule has 0 aliphatic rings. The number of H-pyrrole nitrogens is 1. The van der Waals surface area contributed by atoms with E-state index in [9.17, 15) is 18.7 Å². The molecule has 0 spiro atoms. The van der Waals surface area contributed by atoms with Gasteiger partial charge in [-0.05, 0) is 31.2 Å². The van der Waals surface area contributed by atoms with Crippen LogP contribution in [0.15, 0.2) is 42.5 Å². The van der Waals surface area contributed by atoms with Crippen LogP contribution in [0.1, 0.15) is 21.7 Å². The molecule has 0 saturated carbocycles. The molecule has 3 rings (SSSR count). The molecule has 0 atom stereocenters. The van der Waals surface area contributed by atoms with Gasteiger partial charge in [0.2, 0.25) is 0 Å². The smallest absolute Gasteiger partial charge is 0.387 e. The minimum absolute atomic E-state index is 0.0125. The number of para-hydroxylation sites is 1. The van der Waals surface area contributed by atoms with E-state index in [0.717, 1.165) is 5.56 Å². The number of halogens is 2. The molecule has 0 unspecified atom stereocenters. The largest absolute Gasteiger partial charge is 0.507 e. The van der Waals surface area contributed by atoms with Gasteiger partial charge in [0.05, 0.1) is 17.7 Å². The van der Waals surface area contributed by atoms with E-state index in [-0.39, 0.29) is 29.4 Å². The van der Waals surface area contributed by atoms with Gasteiger partial charge >= 0.3 is 6.61 Å². The maximum atomic E-state index is 12.4. The van der Waals surface area contributed by atoms with Gasteiger partial charge in [-0.3, -0.25) is 9.89 Å². The molecule has 1 amide bonds. The molecule has 0 fully saturated rings. The number of phenolic OH excluding ortho intramolecular Hbond substituents is 1. The minimum Gasteiger partial charge on any atom is -0.507 e. The molecule has 1 aromatic heterocycles. The van der Waals surface area contributed by atoms with Crippen molar-refractivity contribution in [2.45, 2.75) is 20.1 Å². The average Bonchev–Trinajstić information content (AvgIpc) is 3.10. The monoisotopic (exact) mass is 374 g/mol. The van der Waals surface area contributed by atoms with Crippen molar-refractivity contribution in [3.05, 3.63) is 59.4 Å². The van der Waals surface area contributed by atoms with E-state index in [4.69, 9.17) is 0 Å². The van der Waals surface area contributed by atoms with E-state index >= 15 is 0 Å². The number of aromatic hydroxyl groups is 1. The normalized spacial score (nSPS) is 10.8. The zero-order chi connectivity index (χ0) is 19.4. The molecule has 27 heavy (non-hydrogen) atoms. The van der Waals surface area contributed by atoms with Crippen molar-refractivity contribution in [3.63, 3.8) is 0 Å². The number of nitrogens with zero attached hydrogens (tertiary/aromatic N) is 2. The number of carbonyl (C=O) groups is 1. The Balaban J connectivity index is 1.70. The first kappa shape index (κ1) is 18.3. The molecule has 0 aliphatic carbocycles. The molecular weight excluding hydrogens is 358 g/mol. The van der Waals surface area contributed by atoms with Crippen LogP contribution in [0.3, 0.4) is 0 Å². The van der Waals surface area contributed by atoms with E-state index in [1.807, 2.05) is 6.92 Å². The van der Waals surface area contributed by atoms with Gasteiger partial charge < -0.3 is 15.2 Å². The molecule has 9 heteroatoms. The van der Waals surface area contributed by atoms with Crippen LogP contribution in [-0.4, -0.2) is 32.8 Å². The van der Waals surface area contributed by atoms with E-state index in [1.54, 1.807) is 24.3 Å². The number of nitrogens with one attached hydrogen (secondary N) is 2. The fourth-order valence-electron chi connectivity index (χ4n) is 2.44. The Hall–Kier alpha value is -3.49. The van der Waals surface area contributed by atoms with Crippen molar-refractivity contribution in [2.24, 2.45) is 0 Å². The summed E-state index contributed by atoms with van der Waals surface area (Å²) >= 11 is 0. The van der Waals surface area contributed by atoms with Gasteiger partial charge in [0.1, 0.15) is 17.3 Å². The highest BCUT2D eigenvalue weighted by Gasteiger charge is 2.16. The fraction of sp³-hybridized carbons (Fsp3) is 0.167. The lowest BCUT2D eigenvalue weighted by atomic mass is 10.1. The third-order valence-corrected chi connectivity index (χ3v) is 3.69. The van der Waals surface area contributed by atoms with Crippen molar-refractivity contribution in [3.8, 4) is 22.9 Å². The highest BCUT2D eigenvalue weighted by Crippen LogP contribution is 2.27. The van der Waals surface area contributed by atoms with Gasteiger partial charge in [0.15, 0.2) is 5.82 Å². The summed E-state index contributed by atoms with van der Waals surface area (Å²) in [7, 11) is 0. The molecule has 0 saturated heterocycles. The maximum absolute atomic E-state index is 12.4. The predicted molar refractivity (Wildman–Crippen MR) is 92.5 cm³/mol. The number of rotatable bonds is 6. The van der Waals surface area contributed by atoms with Crippen LogP contribution < -0.4 is 10.1 Å². The second-order valence-corrected chi connectivity index (χ2v) is 5.68. The molecule has 3 aromatic rings. The molecule has 1 heterocycles. The summed E-state index contributed by atoms with van der Waals surface area (Å²) in [5.41, 5.74) is 1.37. The van der Waals surface area contributed by atoms with E-state index in [0.29, 0.717) is 11.4 Å². The molecule has 140 valence electrons. The van der Waals surface area contributed by atoms with Crippen LogP contribution in [0.2, 0.25) is 0 Å². The minimum atomic E-state index is -3.03. The Bertz CT molecular complexity index is 959. The van der Waals surface area contributed by atoms with Crippen LogP contribution >= 0.6 is 0 Å². The van der Waals surface area contributed by atoms with Crippen LogP contribution in [0.4, 0.5) is 8.78 Å². The highest BCUT2D eigenvalue weighted by molar-refractivity contribution is 5.96. The number of hydrogen-bond donors (Lipinski definition) is 3. The summed E-state index contributed by atoms with van der Waals surface area (Å²) < 4.78 is 29.2. The third kappa shape index (κ3) is 4.38. The summed E-state index contributed by atoms with van der Waals surface area (Å²) in [6.45, 7) is -1.17.